The Morgan fingerprint density at radius 2 is 2.35 bits per heavy atom. The number of nitrogens with one attached hydrogen (secondary N) is 2. The number of rotatable bonds is 5. The summed E-state index contributed by atoms with van der Waals surface area (Å²) in [6.45, 7) is 1.05. The van der Waals surface area contributed by atoms with E-state index in [1.54, 1.807) is 0 Å². The third-order valence-corrected chi connectivity index (χ3v) is 2.96. The lowest BCUT2D eigenvalue weighted by Gasteiger charge is -2.11. The van der Waals surface area contributed by atoms with Crippen LogP contribution in [0.4, 0.5) is 5.82 Å². The molecule has 1 aromatic heterocycles. The predicted octanol–water partition coefficient (Wildman–Crippen LogP) is 0.681. The van der Waals surface area contributed by atoms with Crippen LogP contribution in [-0.2, 0) is 4.74 Å². The van der Waals surface area contributed by atoms with E-state index >= 15 is 0 Å². The number of amides is 1. The van der Waals surface area contributed by atoms with Crippen molar-refractivity contribution < 1.29 is 9.53 Å². The summed E-state index contributed by atoms with van der Waals surface area (Å²) in [6.07, 6.45) is 6.59. The summed E-state index contributed by atoms with van der Waals surface area (Å²) in [5.74, 6) is 0.0745. The van der Waals surface area contributed by atoms with Crippen molar-refractivity contribution in [2.45, 2.75) is 31.8 Å². The molecule has 1 aliphatic rings. The van der Waals surface area contributed by atoms with Gasteiger partial charge in [-0.2, -0.15) is 5.10 Å². The third kappa shape index (κ3) is 3.20. The fourth-order valence-electron chi connectivity index (χ4n) is 2.02. The van der Waals surface area contributed by atoms with Crippen LogP contribution in [0.1, 0.15) is 36.0 Å². The molecule has 1 fully saturated rings. The molecule has 0 atom stereocenters. The van der Waals surface area contributed by atoms with Crippen molar-refractivity contribution in [1.29, 1.82) is 0 Å². The van der Waals surface area contributed by atoms with Gasteiger partial charge in [0.15, 0.2) is 0 Å². The van der Waals surface area contributed by atoms with E-state index < -0.39 is 0 Å². The van der Waals surface area contributed by atoms with E-state index in [0.717, 1.165) is 12.8 Å². The third-order valence-electron chi connectivity index (χ3n) is 2.96. The largest absolute Gasteiger partial charge is 0.383 e. The van der Waals surface area contributed by atoms with E-state index in [-0.39, 0.29) is 5.91 Å². The zero-order valence-corrected chi connectivity index (χ0v) is 9.74. The number of hydrogen-bond acceptors (Lipinski definition) is 4. The second-order valence-electron chi connectivity index (χ2n) is 4.23. The van der Waals surface area contributed by atoms with Crippen LogP contribution in [0.3, 0.4) is 0 Å². The molecule has 0 aliphatic heterocycles. The highest BCUT2D eigenvalue weighted by Crippen LogP contribution is 2.20. The van der Waals surface area contributed by atoms with Crippen LogP contribution in [0.15, 0.2) is 6.20 Å². The first kappa shape index (κ1) is 11.9. The summed E-state index contributed by atoms with van der Waals surface area (Å²) in [5, 5.41) is 8.96. The van der Waals surface area contributed by atoms with Crippen LogP contribution < -0.4 is 11.1 Å². The summed E-state index contributed by atoms with van der Waals surface area (Å²) in [6, 6.07) is 0. The maximum atomic E-state index is 11.6. The topological polar surface area (TPSA) is 93.0 Å². The first-order chi connectivity index (χ1) is 8.27. The number of aromatic amines is 1. The molecule has 1 amide bonds. The van der Waals surface area contributed by atoms with Gasteiger partial charge in [0.25, 0.3) is 5.91 Å². The predicted molar refractivity (Wildman–Crippen MR) is 63.5 cm³/mol. The van der Waals surface area contributed by atoms with E-state index in [4.69, 9.17) is 10.5 Å². The van der Waals surface area contributed by atoms with Crippen molar-refractivity contribution in [1.82, 2.24) is 15.5 Å². The van der Waals surface area contributed by atoms with Gasteiger partial charge in [-0.25, -0.2) is 0 Å². The molecule has 6 nitrogen and oxygen atoms in total. The van der Waals surface area contributed by atoms with Gasteiger partial charge in [0.1, 0.15) is 11.4 Å². The van der Waals surface area contributed by atoms with Gasteiger partial charge in [-0.15, -0.1) is 0 Å². The Balaban J connectivity index is 1.65. The molecule has 0 spiro atoms. The number of carbonyl (C=O) groups excluding carboxylic acids is 1. The van der Waals surface area contributed by atoms with E-state index in [9.17, 15) is 4.79 Å². The number of nitrogens with zero attached hydrogens (tertiary/aromatic N) is 1. The highest BCUT2D eigenvalue weighted by Gasteiger charge is 2.15. The lowest BCUT2D eigenvalue weighted by molar-refractivity contribution is 0.0582. The standard InChI is InChI=1S/C11H18N4O2/c12-10-9(7-14-15-10)11(16)13-5-6-17-8-3-1-2-4-8/h7-8H,1-6H2,(H,13,16)(H3,12,14,15). The van der Waals surface area contributed by atoms with Crippen LogP contribution in [0, 0.1) is 0 Å². The Morgan fingerprint density at radius 1 is 1.59 bits per heavy atom. The van der Waals surface area contributed by atoms with E-state index in [1.807, 2.05) is 0 Å². The Hall–Kier alpha value is -1.56. The second-order valence-corrected chi connectivity index (χ2v) is 4.23. The Kier molecular flexibility index (Phi) is 3.98. The van der Waals surface area contributed by atoms with Crippen LogP contribution in [0.5, 0.6) is 0 Å². The normalized spacial score (nSPS) is 16.2. The van der Waals surface area contributed by atoms with E-state index in [0.29, 0.717) is 30.6 Å². The zero-order valence-electron chi connectivity index (χ0n) is 9.74. The van der Waals surface area contributed by atoms with Crippen molar-refractivity contribution in [3.8, 4) is 0 Å². The van der Waals surface area contributed by atoms with Crippen LogP contribution in [0.2, 0.25) is 0 Å². The number of H-pyrrole nitrogens is 1. The summed E-state index contributed by atoms with van der Waals surface area (Å²) < 4.78 is 5.63. The summed E-state index contributed by atoms with van der Waals surface area (Å²) >= 11 is 0. The second kappa shape index (κ2) is 5.67. The number of carbonyl (C=O) groups is 1. The first-order valence-corrected chi connectivity index (χ1v) is 5.96. The minimum absolute atomic E-state index is 0.216. The van der Waals surface area contributed by atoms with Gasteiger partial charge < -0.3 is 15.8 Å². The summed E-state index contributed by atoms with van der Waals surface area (Å²) in [5.41, 5.74) is 5.92. The van der Waals surface area contributed by atoms with Crippen molar-refractivity contribution >= 4 is 11.7 Å². The lowest BCUT2D eigenvalue weighted by Crippen LogP contribution is -2.28. The van der Waals surface area contributed by atoms with Gasteiger partial charge in [-0.1, -0.05) is 12.8 Å². The summed E-state index contributed by atoms with van der Waals surface area (Å²) in [4.78, 5) is 11.6. The maximum Gasteiger partial charge on any atom is 0.256 e. The molecule has 0 unspecified atom stereocenters. The number of aromatic nitrogens is 2. The monoisotopic (exact) mass is 238 g/mol. The Labute approximate surface area is 99.9 Å². The molecule has 94 valence electrons. The Morgan fingerprint density at radius 3 is 3.00 bits per heavy atom. The quantitative estimate of drug-likeness (QED) is 0.658. The number of nitrogens with two attached hydrogens (primary N) is 1. The minimum atomic E-state index is -0.216. The molecule has 0 aromatic carbocycles. The number of ether oxygens (including phenoxy) is 1. The molecule has 4 N–H and O–H groups in total. The smallest absolute Gasteiger partial charge is 0.256 e. The van der Waals surface area contributed by atoms with Crippen LogP contribution >= 0.6 is 0 Å². The van der Waals surface area contributed by atoms with Gasteiger partial charge in [0.05, 0.1) is 18.9 Å². The van der Waals surface area contributed by atoms with Crippen LogP contribution in [0.25, 0.3) is 0 Å². The van der Waals surface area contributed by atoms with Gasteiger partial charge in [0.2, 0.25) is 0 Å². The molecule has 1 saturated carbocycles. The molecule has 6 heteroatoms. The average Bonchev–Trinajstić information content (AvgIpc) is 2.95. The lowest BCUT2D eigenvalue weighted by atomic mass is 10.3. The highest BCUT2D eigenvalue weighted by molar-refractivity contribution is 5.98. The number of hydrogen-bond donors (Lipinski definition) is 3. The first-order valence-electron chi connectivity index (χ1n) is 5.96. The minimum Gasteiger partial charge on any atom is -0.383 e. The van der Waals surface area contributed by atoms with E-state index in [2.05, 4.69) is 15.5 Å². The van der Waals surface area contributed by atoms with Gasteiger partial charge >= 0.3 is 0 Å². The fourth-order valence-corrected chi connectivity index (χ4v) is 2.02. The number of anilines is 1. The molecule has 2 rings (SSSR count). The maximum absolute atomic E-state index is 11.6. The molecule has 17 heavy (non-hydrogen) atoms. The van der Waals surface area contributed by atoms with Crippen LogP contribution in [-0.4, -0.2) is 35.4 Å². The molecule has 1 aliphatic carbocycles. The molecule has 0 radical (unpaired) electrons. The fraction of sp³-hybridized carbons (Fsp3) is 0.636. The molecule has 1 heterocycles. The van der Waals surface area contributed by atoms with Crippen molar-refractivity contribution in [3.63, 3.8) is 0 Å². The van der Waals surface area contributed by atoms with Crippen molar-refractivity contribution in [3.05, 3.63) is 11.8 Å². The molecular formula is C11H18N4O2. The Bertz CT molecular complexity index is 371. The highest BCUT2D eigenvalue weighted by atomic mass is 16.5. The molecule has 0 bridgehead atoms. The average molecular weight is 238 g/mol. The molecular weight excluding hydrogens is 220 g/mol. The van der Waals surface area contributed by atoms with Crippen molar-refractivity contribution in [2.24, 2.45) is 0 Å². The van der Waals surface area contributed by atoms with Gasteiger partial charge in [-0.3, -0.25) is 9.89 Å². The van der Waals surface area contributed by atoms with Gasteiger partial charge in [-0.05, 0) is 12.8 Å². The zero-order chi connectivity index (χ0) is 12.1. The number of nitrogen functional groups attached to an aromatic ring is 1. The van der Waals surface area contributed by atoms with Crippen molar-refractivity contribution in [2.75, 3.05) is 18.9 Å². The molecule has 0 saturated heterocycles. The SMILES string of the molecule is Nc1[nH]ncc1C(=O)NCCOC1CCCC1. The summed E-state index contributed by atoms with van der Waals surface area (Å²) in [7, 11) is 0. The molecule has 1 aromatic rings. The van der Waals surface area contributed by atoms with Gasteiger partial charge in [0, 0.05) is 6.54 Å². The van der Waals surface area contributed by atoms with E-state index in [1.165, 1.54) is 19.0 Å².